The van der Waals surface area contributed by atoms with Gasteiger partial charge in [-0.2, -0.15) is 0 Å². The van der Waals surface area contributed by atoms with E-state index in [1.807, 2.05) is 0 Å². The van der Waals surface area contributed by atoms with E-state index in [1.165, 1.54) is 384 Å². The summed E-state index contributed by atoms with van der Waals surface area (Å²) in [7, 11) is 0. The molecule has 0 aliphatic heterocycles. The van der Waals surface area contributed by atoms with Gasteiger partial charge in [0.15, 0.2) is 11.5 Å². The van der Waals surface area contributed by atoms with Gasteiger partial charge >= 0.3 is 0 Å². The Bertz CT molecular complexity index is 1210. The molecule has 468 valence electrons. The topological polar surface area (TPSA) is 27.7 Å². The van der Waals surface area contributed by atoms with Crippen molar-refractivity contribution < 1.29 is 14.2 Å². The minimum atomic E-state index is 0.749. The van der Waals surface area contributed by atoms with Gasteiger partial charge in [0.25, 0.3) is 0 Å². The lowest BCUT2D eigenvalue weighted by molar-refractivity contribution is 0.234. The third-order valence-electron chi connectivity index (χ3n) is 17.7. The van der Waals surface area contributed by atoms with E-state index in [2.05, 4.69) is 39.8 Å². The van der Waals surface area contributed by atoms with Crippen molar-refractivity contribution in [2.24, 2.45) is 0 Å². The molecule has 0 saturated heterocycles. The van der Waals surface area contributed by atoms with E-state index in [0.29, 0.717) is 0 Å². The summed E-state index contributed by atoms with van der Waals surface area (Å²) in [6.07, 6.45) is 87.9. The first-order valence-corrected chi connectivity index (χ1v) is 37.3. The fourth-order valence-corrected chi connectivity index (χ4v) is 12.1. The fraction of sp³-hybridized carbons (Fsp3) is 0.921. The SMILES string of the molecule is CCCCCCCCCCCCCCCCCCCCCCOc1cc(CCCC)cc(OCCCCCCCCCCCCCCCCCCCCCC)c1OCCCCCCCCCCCCCCCCCCCCCC. The van der Waals surface area contributed by atoms with E-state index >= 15 is 0 Å². The molecule has 1 aromatic rings. The van der Waals surface area contributed by atoms with Crippen molar-refractivity contribution in [3.63, 3.8) is 0 Å². The number of rotatable bonds is 69. The number of benzene rings is 1. The molecule has 0 amide bonds. The first-order chi connectivity index (χ1) is 39.3. The minimum absolute atomic E-state index is 0.749. The minimum Gasteiger partial charge on any atom is -0.490 e. The molecular weight excluding hydrogens is 961 g/mol. The van der Waals surface area contributed by atoms with Gasteiger partial charge in [-0.3, -0.25) is 0 Å². The zero-order valence-corrected chi connectivity index (χ0v) is 55.0. The Morgan fingerprint density at radius 3 is 0.544 bits per heavy atom. The summed E-state index contributed by atoms with van der Waals surface area (Å²) in [5.41, 5.74) is 1.34. The van der Waals surface area contributed by atoms with Crippen LogP contribution >= 0.6 is 0 Å². The van der Waals surface area contributed by atoms with Crippen LogP contribution in [0.5, 0.6) is 17.2 Å². The monoisotopic (exact) mass is 1110 g/mol. The van der Waals surface area contributed by atoms with Crippen LogP contribution in [0.4, 0.5) is 0 Å². The molecule has 1 aromatic carbocycles. The molecule has 0 fully saturated rings. The molecular formula is C76H146O3. The Balaban J connectivity index is 2.43. The molecule has 3 nitrogen and oxygen atoms in total. The van der Waals surface area contributed by atoms with E-state index in [0.717, 1.165) is 62.8 Å². The van der Waals surface area contributed by atoms with Gasteiger partial charge in [-0.25, -0.2) is 0 Å². The highest BCUT2D eigenvalue weighted by Crippen LogP contribution is 2.40. The third-order valence-corrected chi connectivity index (χ3v) is 17.7. The Hall–Kier alpha value is -1.38. The fourth-order valence-electron chi connectivity index (χ4n) is 12.1. The molecule has 0 N–H and O–H groups in total. The van der Waals surface area contributed by atoms with E-state index in [-0.39, 0.29) is 0 Å². The summed E-state index contributed by atoms with van der Waals surface area (Å²) >= 11 is 0. The molecule has 0 heterocycles. The zero-order chi connectivity index (χ0) is 56.5. The number of ether oxygens (including phenoxy) is 3. The Morgan fingerprint density at radius 2 is 0.354 bits per heavy atom. The van der Waals surface area contributed by atoms with Crippen LogP contribution in [0.15, 0.2) is 12.1 Å². The van der Waals surface area contributed by atoms with Gasteiger partial charge < -0.3 is 14.2 Å². The van der Waals surface area contributed by atoms with E-state index in [9.17, 15) is 0 Å². The first-order valence-electron chi connectivity index (χ1n) is 37.3. The Morgan fingerprint density at radius 1 is 0.190 bits per heavy atom. The molecule has 0 bridgehead atoms. The Labute approximate surface area is 498 Å². The van der Waals surface area contributed by atoms with Crippen molar-refractivity contribution in [3.8, 4) is 17.2 Å². The van der Waals surface area contributed by atoms with Crippen LogP contribution in [0.25, 0.3) is 0 Å². The molecule has 0 saturated carbocycles. The smallest absolute Gasteiger partial charge is 0.203 e. The lowest BCUT2D eigenvalue weighted by Crippen LogP contribution is -2.07. The maximum atomic E-state index is 6.71. The van der Waals surface area contributed by atoms with Crippen molar-refractivity contribution in [2.45, 2.75) is 432 Å². The molecule has 79 heavy (non-hydrogen) atoms. The molecule has 1 rings (SSSR count). The maximum Gasteiger partial charge on any atom is 0.203 e. The number of hydrogen-bond acceptors (Lipinski definition) is 3. The zero-order valence-electron chi connectivity index (χ0n) is 55.0. The van der Waals surface area contributed by atoms with Gasteiger partial charge in [-0.05, 0) is 49.8 Å². The molecule has 0 unspecified atom stereocenters. The summed E-state index contributed by atoms with van der Waals surface area (Å²) in [5.74, 6) is 2.73. The van der Waals surface area contributed by atoms with Crippen molar-refractivity contribution in [1.82, 2.24) is 0 Å². The standard InChI is InChI=1S/C76H146O3/c1-5-9-13-16-19-22-25-28-31-34-37-40-43-46-49-52-55-58-61-64-68-77-74-71-73(67-12-8-4)72-75(78-69-65-62-59-56-53-50-47-44-41-38-35-32-29-26-23-20-17-14-10-6-2)76(74)79-70-66-63-60-57-54-51-48-45-42-39-36-33-30-27-24-21-18-15-11-7-3/h71-72H,5-70H2,1-4H3. The summed E-state index contributed by atoms with van der Waals surface area (Å²) in [4.78, 5) is 0. The molecule has 0 aliphatic carbocycles. The second-order valence-electron chi connectivity index (χ2n) is 25.7. The van der Waals surface area contributed by atoms with Crippen LogP contribution in [0.1, 0.15) is 431 Å². The predicted molar refractivity (Wildman–Crippen MR) is 356 cm³/mol. The van der Waals surface area contributed by atoms with Crippen LogP contribution in [0.3, 0.4) is 0 Å². The van der Waals surface area contributed by atoms with E-state index < -0.39 is 0 Å². The molecule has 3 heteroatoms. The maximum absolute atomic E-state index is 6.71. The summed E-state index contributed by atoms with van der Waals surface area (Å²) in [6.45, 7) is 11.5. The van der Waals surface area contributed by atoms with Crippen molar-refractivity contribution in [3.05, 3.63) is 17.7 Å². The number of unbranched alkanes of at least 4 members (excludes halogenated alkanes) is 58. The lowest BCUT2D eigenvalue weighted by Gasteiger charge is -2.19. The van der Waals surface area contributed by atoms with Crippen LogP contribution in [-0.2, 0) is 6.42 Å². The average molecular weight is 1110 g/mol. The second-order valence-corrected chi connectivity index (χ2v) is 25.7. The molecule has 0 aromatic heterocycles. The van der Waals surface area contributed by atoms with Crippen molar-refractivity contribution >= 4 is 0 Å². The second kappa shape index (κ2) is 65.8. The van der Waals surface area contributed by atoms with E-state index in [1.54, 1.807) is 0 Å². The predicted octanol–water partition coefficient (Wildman–Crippen LogP) is 27.6. The van der Waals surface area contributed by atoms with Crippen LogP contribution in [0, 0.1) is 0 Å². The summed E-state index contributed by atoms with van der Waals surface area (Å²) in [6, 6.07) is 4.59. The van der Waals surface area contributed by atoms with Crippen LogP contribution in [-0.4, -0.2) is 19.8 Å². The Kier molecular flexibility index (Phi) is 63.0. The molecule has 0 atom stereocenters. The average Bonchev–Trinajstić information content (AvgIpc) is 3.47. The number of aryl methyl sites for hydroxylation is 1. The highest BCUT2D eigenvalue weighted by Gasteiger charge is 2.16. The highest BCUT2D eigenvalue weighted by molar-refractivity contribution is 5.54. The first kappa shape index (κ1) is 75.6. The summed E-state index contributed by atoms with van der Waals surface area (Å²) < 4.78 is 20.1. The highest BCUT2D eigenvalue weighted by atomic mass is 16.5. The normalized spacial score (nSPS) is 11.6. The van der Waals surface area contributed by atoms with Gasteiger partial charge in [0.05, 0.1) is 19.8 Å². The quantitative estimate of drug-likeness (QED) is 0.0609. The van der Waals surface area contributed by atoms with Gasteiger partial charge in [0.1, 0.15) is 0 Å². The van der Waals surface area contributed by atoms with Gasteiger partial charge in [0.2, 0.25) is 5.75 Å². The van der Waals surface area contributed by atoms with Gasteiger partial charge in [-0.15, -0.1) is 0 Å². The third kappa shape index (κ3) is 55.6. The van der Waals surface area contributed by atoms with Crippen LogP contribution < -0.4 is 14.2 Å². The molecule has 0 spiro atoms. The van der Waals surface area contributed by atoms with Gasteiger partial charge in [0, 0.05) is 0 Å². The van der Waals surface area contributed by atoms with E-state index in [4.69, 9.17) is 14.2 Å². The molecule has 0 radical (unpaired) electrons. The summed E-state index contributed by atoms with van der Waals surface area (Å²) in [5, 5.41) is 0. The van der Waals surface area contributed by atoms with Gasteiger partial charge in [-0.1, -0.05) is 400 Å². The number of hydrogen-bond donors (Lipinski definition) is 0. The molecule has 0 aliphatic rings. The lowest BCUT2D eigenvalue weighted by atomic mass is 10.0. The van der Waals surface area contributed by atoms with Crippen molar-refractivity contribution in [2.75, 3.05) is 19.8 Å². The largest absolute Gasteiger partial charge is 0.490 e. The van der Waals surface area contributed by atoms with Crippen molar-refractivity contribution in [1.29, 1.82) is 0 Å². The van der Waals surface area contributed by atoms with Crippen LogP contribution in [0.2, 0.25) is 0 Å².